The second kappa shape index (κ2) is 7.31. The monoisotopic (exact) mass is 288 g/mol. The molecule has 19 heavy (non-hydrogen) atoms. The van der Waals surface area contributed by atoms with E-state index in [1.165, 1.54) is 12.1 Å². The molecule has 1 aromatic rings. The molecule has 0 spiro atoms. The highest BCUT2D eigenvalue weighted by atomic mass is 35.5. The SMILES string of the molecule is CC(CNC(=O)C1CNC1)Oc1cccc(F)c1.Cl. The number of hydrogen-bond acceptors (Lipinski definition) is 3. The van der Waals surface area contributed by atoms with E-state index in [-0.39, 0.29) is 36.2 Å². The summed E-state index contributed by atoms with van der Waals surface area (Å²) in [5.41, 5.74) is 0. The summed E-state index contributed by atoms with van der Waals surface area (Å²) in [7, 11) is 0. The van der Waals surface area contributed by atoms with Crippen LogP contribution in [0.2, 0.25) is 0 Å². The maximum atomic E-state index is 12.9. The highest BCUT2D eigenvalue weighted by molar-refractivity contribution is 5.85. The third kappa shape index (κ3) is 4.69. The Morgan fingerprint density at radius 2 is 2.32 bits per heavy atom. The number of carbonyl (C=O) groups excluding carboxylic acids is 1. The molecular formula is C13H18ClFN2O2. The molecule has 0 aromatic heterocycles. The smallest absolute Gasteiger partial charge is 0.225 e. The number of nitrogens with one attached hydrogen (secondary N) is 2. The molecule has 1 aliphatic rings. The quantitative estimate of drug-likeness (QED) is 0.860. The van der Waals surface area contributed by atoms with Gasteiger partial charge in [0.05, 0.1) is 12.5 Å². The van der Waals surface area contributed by atoms with Crippen molar-refractivity contribution in [2.75, 3.05) is 19.6 Å². The zero-order chi connectivity index (χ0) is 13.0. The van der Waals surface area contributed by atoms with E-state index in [0.717, 1.165) is 13.1 Å². The van der Waals surface area contributed by atoms with Crippen molar-refractivity contribution in [3.05, 3.63) is 30.1 Å². The molecule has 1 aromatic carbocycles. The van der Waals surface area contributed by atoms with Gasteiger partial charge in [-0.3, -0.25) is 4.79 Å². The zero-order valence-corrected chi connectivity index (χ0v) is 11.5. The molecule has 1 unspecified atom stereocenters. The molecule has 1 heterocycles. The summed E-state index contributed by atoms with van der Waals surface area (Å²) in [6.07, 6.45) is -0.191. The minimum atomic E-state index is -0.329. The second-order valence-electron chi connectivity index (χ2n) is 4.49. The summed E-state index contributed by atoms with van der Waals surface area (Å²) in [6, 6.07) is 5.98. The predicted molar refractivity (Wildman–Crippen MR) is 73.1 cm³/mol. The standard InChI is InChI=1S/C13H17FN2O2.ClH/c1-9(6-16-13(17)10-7-15-8-10)18-12-4-2-3-11(14)5-12;/h2-5,9-10,15H,6-8H2,1H3,(H,16,17);1H. The number of amides is 1. The molecule has 2 N–H and O–H groups in total. The van der Waals surface area contributed by atoms with Crippen LogP contribution in [0.3, 0.4) is 0 Å². The Labute approximate surface area is 118 Å². The zero-order valence-electron chi connectivity index (χ0n) is 10.7. The lowest BCUT2D eigenvalue weighted by molar-refractivity contribution is -0.126. The number of rotatable bonds is 5. The van der Waals surface area contributed by atoms with E-state index >= 15 is 0 Å². The summed E-state index contributed by atoms with van der Waals surface area (Å²) in [5.74, 6) is 0.265. The Morgan fingerprint density at radius 3 is 2.89 bits per heavy atom. The highest BCUT2D eigenvalue weighted by Crippen LogP contribution is 2.13. The summed E-state index contributed by atoms with van der Waals surface area (Å²) in [4.78, 5) is 11.6. The van der Waals surface area contributed by atoms with Gasteiger partial charge in [-0.05, 0) is 19.1 Å². The molecule has 106 valence electrons. The van der Waals surface area contributed by atoms with Crippen LogP contribution in [-0.2, 0) is 4.79 Å². The van der Waals surface area contributed by atoms with Gasteiger partial charge in [0.15, 0.2) is 0 Å². The van der Waals surface area contributed by atoms with Gasteiger partial charge in [0, 0.05) is 19.2 Å². The first-order chi connectivity index (χ1) is 8.65. The Morgan fingerprint density at radius 1 is 1.58 bits per heavy atom. The van der Waals surface area contributed by atoms with Crippen LogP contribution >= 0.6 is 12.4 Å². The second-order valence-corrected chi connectivity index (χ2v) is 4.49. The van der Waals surface area contributed by atoms with Crippen LogP contribution in [-0.4, -0.2) is 31.6 Å². The number of hydrogen-bond donors (Lipinski definition) is 2. The van der Waals surface area contributed by atoms with E-state index in [4.69, 9.17) is 4.74 Å². The van der Waals surface area contributed by atoms with Gasteiger partial charge in [-0.2, -0.15) is 0 Å². The normalized spacial score (nSPS) is 15.9. The fourth-order valence-corrected chi connectivity index (χ4v) is 1.68. The Hall–Kier alpha value is -1.33. The van der Waals surface area contributed by atoms with Gasteiger partial charge < -0.3 is 15.4 Å². The average molecular weight is 289 g/mol. The lowest BCUT2D eigenvalue weighted by atomic mass is 10.0. The van der Waals surface area contributed by atoms with Crippen LogP contribution in [0, 0.1) is 11.7 Å². The fourth-order valence-electron chi connectivity index (χ4n) is 1.68. The minimum absolute atomic E-state index is 0. The molecule has 0 aliphatic carbocycles. The van der Waals surface area contributed by atoms with Crippen LogP contribution in [0.1, 0.15) is 6.92 Å². The van der Waals surface area contributed by atoms with Crippen LogP contribution in [0.5, 0.6) is 5.75 Å². The molecule has 1 atom stereocenters. The number of benzene rings is 1. The number of carbonyl (C=O) groups is 1. The molecule has 1 amide bonds. The molecular weight excluding hydrogens is 271 g/mol. The highest BCUT2D eigenvalue weighted by Gasteiger charge is 2.24. The summed E-state index contributed by atoms with van der Waals surface area (Å²) < 4.78 is 18.4. The van der Waals surface area contributed by atoms with E-state index in [1.807, 2.05) is 6.92 Å². The average Bonchev–Trinajstić information content (AvgIpc) is 2.24. The fraction of sp³-hybridized carbons (Fsp3) is 0.462. The van der Waals surface area contributed by atoms with Crippen molar-refractivity contribution in [1.82, 2.24) is 10.6 Å². The van der Waals surface area contributed by atoms with Crippen molar-refractivity contribution in [3.63, 3.8) is 0 Å². The van der Waals surface area contributed by atoms with Crippen LogP contribution in [0.4, 0.5) is 4.39 Å². The number of halogens is 2. The van der Waals surface area contributed by atoms with Gasteiger partial charge in [0.1, 0.15) is 17.7 Å². The van der Waals surface area contributed by atoms with Crippen molar-refractivity contribution >= 4 is 18.3 Å². The van der Waals surface area contributed by atoms with E-state index < -0.39 is 0 Å². The Kier molecular flexibility index (Phi) is 6.05. The van der Waals surface area contributed by atoms with Crippen LogP contribution in [0.25, 0.3) is 0 Å². The molecule has 1 saturated heterocycles. The van der Waals surface area contributed by atoms with E-state index in [0.29, 0.717) is 12.3 Å². The Balaban J connectivity index is 0.00000180. The topological polar surface area (TPSA) is 50.4 Å². The van der Waals surface area contributed by atoms with Crippen molar-refractivity contribution < 1.29 is 13.9 Å². The minimum Gasteiger partial charge on any atom is -0.489 e. The first-order valence-corrected chi connectivity index (χ1v) is 6.06. The maximum Gasteiger partial charge on any atom is 0.225 e. The molecule has 0 bridgehead atoms. The van der Waals surface area contributed by atoms with Crippen LogP contribution in [0.15, 0.2) is 24.3 Å². The lowest BCUT2D eigenvalue weighted by Crippen LogP contribution is -2.51. The molecule has 1 aliphatic heterocycles. The first kappa shape index (κ1) is 15.7. The van der Waals surface area contributed by atoms with Gasteiger partial charge in [0.25, 0.3) is 0 Å². The third-order valence-corrected chi connectivity index (χ3v) is 2.85. The summed E-state index contributed by atoms with van der Waals surface area (Å²) in [5, 5.41) is 5.86. The molecule has 4 nitrogen and oxygen atoms in total. The largest absolute Gasteiger partial charge is 0.489 e. The van der Waals surface area contributed by atoms with Gasteiger partial charge in [-0.25, -0.2) is 4.39 Å². The van der Waals surface area contributed by atoms with E-state index in [9.17, 15) is 9.18 Å². The molecule has 0 radical (unpaired) electrons. The van der Waals surface area contributed by atoms with E-state index in [2.05, 4.69) is 10.6 Å². The Bertz CT molecular complexity index is 427. The van der Waals surface area contributed by atoms with Gasteiger partial charge in [0.2, 0.25) is 5.91 Å². The van der Waals surface area contributed by atoms with Crippen molar-refractivity contribution in [2.45, 2.75) is 13.0 Å². The maximum absolute atomic E-state index is 12.9. The number of ether oxygens (including phenoxy) is 1. The molecule has 2 rings (SSSR count). The van der Waals surface area contributed by atoms with Crippen molar-refractivity contribution in [2.24, 2.45) is 5.92 Å². The van der Waals surface area contributed by atoms with Crippen molar-refractivity contribution in [1.29, 1.82) is 0 Å². The van der Waals surface area contributed by atoms with Crippen molar-refractivity contribution in [3.8, 4) is 5.75 Å². The third-order valence-electron chi connectivity index (χ3n) is 2.85. The predicted octanol–water partition coefficient (Wildman–Crippen LogP) is 1.35. The summed E-state index contributed by atoms with van der Waals surface area (Å²) in [6.45, 7) is 3.74. The molecule has 1 fully saturated rings. The van der Waals surface area contributed by atoms with Crippen LogP contribution < -0.4 is 15.4 Å². The van der Waals surface area contributed by atoms with E-state index in [1.54, 1.807) is 12.1 Å². The first-order valence-electron chi connectivity index (χ1n) is 6.06. The van der Waals surface area contributed by atoms with Gasteiger partial charge >= 0.3 is 0 Å². The van der Waals surface area contributed by atoms with Gasteiger partial charge in [-0.15, -0.1) is 12.4 Å². The van der Waals surface area contributed by atoms with Gasteiger partial charge in [-0.1, -0.05) is 6.07 Å². The lowest BCUT2D eigenvalue weighted by Gasteiger charge is -2.26. The molecule has 0 saturated carbocycles. The summed E-state index contributed by atoms with van der Waals surface area (Å²) >= 11 is 0. The molecule has 6 heteroatoms.